The van der Waals surface area contributed by atoms with Gasteiger partial charge in [0.05, 0.1) is 5.70 Å². The second kappa shape index (κ2) is 2.75. The van der Waals surface area contributed by atoms with Gasteiger partial charge < -0.3 is 0 Å². The summed E-state index contributed by atoms with van der Waals surface area (Å²) in [5, 5.41) is 0. The molecule has 3 heterocycles. The highest BCUT2D eigenvalue weighted by Gasteiger charge is 2.27. The van der Waals surface area contributed by atoms with Gasteiger partial charge in [0.25, 0.3) is 0 Å². The molecule has 0 atom stereocenters. The van der Waals surface area contributed by atoms with E-state index in [1.54, 1.807) is 6.21 Å². The van der Waals surface area contributed by atoms with E-state index >= 15 is 0 Å². The molecule has 0 amide bonds. The molecule has 5 heteroatoms. The first-order valence-corrected chi connectivity index (χ1v) is 4.88. The molecule has 0 radical (unpaired) electrons. The molecule has 0 aliphatic carbocycles. The fourth-order valence-corrected chi connectivity index (χ4v) is 1.91. The Labute approximate surface area is 88.9 Å². The van der Waals surface area contributed by atoms with Crippen LogP contribution in [0, 0.1) is 0 Å². The lowest BCUT2D eigenvalue weighted by molar-refractivity contribution is 0.617. The fourth-order valence-electron chi connectivity index (χ4n) is 1.47. The van der Waals surface area contributed by atoms with Crippen molar-refractivity contribution >= 4 is 34.4 Å². The summed E-state index contributed by atoms with van der Waals surface area (Å²) < 4.78 is 1.01. The molecule has 68 valence electrons. The van der Waals surface area contributed by atoms with Crippen molar-refractivity contribution in [3.8, 4) is 0 Å². The van der Waals surface area contributed by atoms with Gasteiger partial charge in [-0.2, -0.15) is 0 Å². The van der Waals surface area contributed by atoms with Crippen molar-refractivity contribution < 1.29 is 0 Å². The third kappa shape index (κ3) is 0.957. The van der Waals surface area contributed by atoms with E-state index in [1.165, 1.54) is 6.34 Å². The SMILES string of the molecule is BrC1=CC=C2N=CN=C3N=CC=C1N23. The smallest absolute Gasteiger partial charge is 0.237 e. The molecular formula is C9H5BrN4. The van der Waals surface area contributed by atoms with E-state index in [0.717, 1.165) is 16.0 Å². The number of nitrogens with zero attached hydrogens (tertiary/aromatic N) is 4. The maximum absolute atomic E-state index is 4.16. The molecule has 4 nitrogen and oxygen atoms in total. The molecule has 3 aliphatic rings. The van der Waals surface area contributed by atoms with E-state index in [2.05, 4.69) is 30.9 Å². The first kappa shape index (κ1) is 7.87. The molecule has 0 aromatic heterocycles. The maximum Gasteiger partial charge on any atom is 0.237 e. The van der Waals surface area contributed by atoms with E-state index in [1.807, 2.05) is 23.1 Å². The van der Waals surface area contributed by atoms with E-state index in [0.29, 0.717) is 5.96 Å². The van der Waals surface area contributed by atoms with Gasteiger partial charge in [0, 0.05) is 10.7 Å². The Morgan fingerprint density at radius 2 is 2.07 bits per heavy atom. The quantitative estimate of drug-likeness (QED) is 0.645. The van der Waals surface area contributed by atoms with Crippen LogP contribution in [0.25, 0.3) is 0 Å². The largest absolute Gasteiger partial charge is 0.262 e. The molecule has 0 fully saturated rings. The molecule has 0 aromatic carbocycles. The number of hydrogen-bond acceptors (Lipinski definition) is 4. The summed E-state index contributed by atoms with van der Waals surface area (Å²) in [5.74, 6) is 1.51. The van der Waals surface area contributed by atoms with Crippen molar-refractivity contribution in [1.82, 2.24) is 4.90 Å². The Morgan fingerprint density at radius 1 is 1.14 bits per heavy atom. The Kier molecular flexibility index (Phi) is 1.55. The van der Waals surface area contributed by atoms with Gasteiger partial charge >= 0.3 is 0 Å². The molecule has 14 heavy (non-hydrogen) atoms. The monoisotopic (exact) mass is 248 g/mol. The highest BCUT2D eigenvalue weighted by Crippen LogP contribution is 2.32. The van der Waals surface area contributed by atoms with Crippen LogP contribution in [0.2, 0.25) is 0 Å². The van der Waals surface area contributed by atoms with Crippen LogP contribution in [0.1, 0.15) is 0 Å². The zero-order valence-corrected chi connectivity index (χ0v) is 8.64. The van der Waals surface area contributed by atoms with Crippen molar-refractivity contribution in [2.75, 3.05) is 0 Å². The minimum Gasteiger partial charge on any atom is -0.262 e. The van der Waals surface area contributed by atoms with Gasteiger partial charge in [-0.1, -0.05) is 0 Å². The highest BCUT2D eigenvalue weighted by atomic mass is 79.9. The summed E-state index contributed by atoms with van der Waals surface area (Å²) >= 11 is 3.48. The van der Waals surface area contributed by atoms with E-state index in [9.17, 15) is 0 Å². The van der Waals surface area contributed by atoms with E-state index in [-0.39, 0.29) is 0 Å². The molecular weight excluding hydrogens is 244 g/mol. The topological polar surface area (TPSA) is 40.3 Å². The third-order valence-electron chi connectivity index (χ3n) is 2.08. The van der Waals surface area contributed by atoms with Crippen LogP contribution in [-0.2, 0) is 0 Å². The zero-order chi connectivity index (χ0) is 9.54. The van der Waals surface area contributed by atoms with E-state index < -0.39 is 0 Å². The molecule has 0 bridgehead atoms. The molecule has 0 spiro atoms. The molecule has 0 saturated heterocycles. The van der Waals surface area contributed by atoms with Crippen LogP contribution in [0.5, 0.6) is 0 Å². The molecule has 0 saturated carbocycles. The average Bonchev–Trinajstić information content (AvgIpc) is 2.24. The van der Waals surface area contributed by atoms with Gasteiger partial charge in [0.15, 0.2) is 0 Å². The summed E-state index contributed by atoms with van der Waals surface area (Å²) in [5.41, 5.74) is 1.02. The summed E-state index contributed by atoms with van der Waals surface area (Å²) in [6.45, 7) is 0. The van der Waals surface area contributed by atoms with Gasteiger partial charge in [-0.3, -0.25) is 4.90 Å². The Morgan fingerprint density at radius 3 is 3.00 bits per heavy atom. The standard InChI is InChI=1S/C9H5BrN4/c10-6-1-2-8-12-5-13-9-11-4-3-7(6)14(8)9/h1-5H. The molecule has 3 aliphatic heterocycles. The first-order valence-electron chi connectivity index (χ1n) is 4.09. The van der Waals surface area contributed by atoms with Crippen LogP contribution >= 0.6 is 15.9 Å². The number of aliphatic imine (C=N–C) groups is 3. The second-order valence-corrected chi connectivity index (χ2v) is 3.73. The lowest BCUT2D eigenvalue weighted by Gasteiger charge is -2.31. The zero-order valence-electron chi connectivity index (χ0n) is 7.05. The van der Waals surface area contributed by atoms with Gasteiger partial charge in [0.1, 0.15) is 12.2 Å². The minimum absolute atomic E-state index is 0.661. The predicted molar refractivity (Wildman–Crippen MR) is 59.4 cm³/mol. The lowest BCUT2D eigenvalue weighted by atomic mass is 10.2. The maximum atomic E-state index is 4.16. The highest BCUT2D eigenvalue weighted by molar-refractivity contribution is 9.12. The van der Waals surface area contributed by atoms with Crippen molar-refractivity contribution in [3.05, 3.63) is 34.2 Å². The summed E-state index contributed by atoms with van der Waals surface area (Å²) in [6, 6.07) is 0. The molecule has 3 rings (SSSR count). The summed E-state index contributed by atoms with van der Waals surface area (Å²) in [4.78, 5) is 14.3. The third-order valence-corrected chi connectivity index (χ3v) is 2.75. The second-order valence-electron chi connectivity index (χ2n) is 2.88. The average molecular weight is 249 g/mol. The first-order chi connectivity index (χ1) is 6.86. The van der Waals surface area contributed by atoms with Crippen LogP contribution < -0.4 is 0 Å². The van der Waals surface area contributed by atoms with Crippen molar-refractivity contribution in [2.45, 2.75) is 0 Å². The van der Waals surface area contributed by atoms with Gasteiger partial charge in [-0.05, 0) is 34.2 Å². The van der Waals surface area contributed by atoms with Crippen LogP contribution in [0.4, 0.5) is 0 Å². The Balaban J connectivity index is 2.24. The number of hydrogen-bond donors (Lipinski definition) is 0. The van der Waals surface area contributed by atoms with E-state index in [4.69, 9.17) is 0 Å². The molecule has 0 unspecified atom stereocenters. The number of guanidine groups is 1. The van der Waals surface area contributed by atoms with Crippen LogP contribution in [-0.4, -0.2) is 23.4 Å². The van der Waals surface area contributed by atoms with Crippen molar-refractivity contribution in [1.29, 1.82) is 0 Å². The Hall–Kier alpha value is -1.49. The Bertz CT molecular complexity index is 479. The van der Waals surface area contributed by atoms with Gasteiger partial charge in [-0.25, -0.2) is 15.0 Å². The van der Waals surface area contributed by atoms with Crippen LogP contribution in [0.3, 0.4) is 0 Å². The minimum atomic E-state index is 0.661. The van der Waals surface area contributed by atoms with Gasteiger partial charge in [-0.15, -0.1) is 0 Å². The van der Waals surface area contributed by atoms with Crippen molar-refractivity contribution in [3.63, 3.8) is 0 Å². The van der Waals surface area contributed by atoms with Gasteiger partial charge in [0.2, 0.25) is 5.96 Å². The molecule has 0 aromatic rings. The van der Waals surface area contributed by atoms with Crippen molar-refractivity contribution in [2.24, 2.45) is 15.0 Å². The lowest BCUT2D eigenvalue weighted by Crippen LogP contribution is -2.33. The number of rotatable bonds is 0. The normalized spacial score (nSPS) is 22.2. The predicted octanol–water partition coefficient (Wildman–Crippen LogP) is 1.79. The van der Waals surface area contributed by atoms with Crippen LogP contribution in [0.15, 0.2) is 49.2 Å². The fraction of sp³-hybridized carbons (Fsp3) is 0. The molecule has 0 N–H and O–H groups in total. The number of allylic oxidation sites excluding steroid dienone is 4. The summed E-state index contributed by atoms with van der Waals surface area (Å²) in [7, 11) is 0. The summed E-state index contributed by atoms with van der Waals surface area (Å²) in [6.07, 6.45) is 9.07. The number of halogens is 1.